The molecule has 0 saturated heterocycles. The van der Waals surface area contributed by atoms with Crippen LogP contribution in [0.4, 0.5) is 0 Å². The van der Waals surface area contributed by atoms with E-state index < -0.39 is 0 Å². The smallest absolute Gasteiger partial charge is 0.188 e. The summed E-state index contributed by atoms with van der Waals surface area (Å²) in [5.41, 5.74) is 8.24. The number of nitrogens with zero attached hydrogens (tertiary/aromatic N) is 1. The Morgan fingerprint density at radius 1 is 1.04 bits per heavy atom. The largest absolute Gasteiger partial charge is 0.493 e. The van der Waals surface area contributed by atoms with Crippen LogP contribution in [0.2, 0.25) is 0 Å². The van der Waals surface area contributed by atoms with Gasteiger partial charge in [-0.2, -0.15) is 0 Å². The molecule has 0 saturated carbocycles. The van der Waals surface area contributed by atoms with Gasteiger partial charge in [-0.15, -0.1) is 0 Å². The minimum Gasteiger partial charge on any atom is -0.493 e. The Hall–Kier alpha value is -2.69. The van der Waals surface area contributed by atoms with Gasteiger partial charge in [-0.05, 0) is 29.7 Å². The molecule has 0 aromatic heterocycles. The van der Waals surface area contributed by atoms with E-state index in [4.69, 9.17) is 15.2 Å². The van der Waals surface area contributed by atoms with E-state index in [2.05, 4.69) is 36.3 Å². The van der Waals surface area contributed by atoms with E-state index in [-0.39, 0.29) is 5.41 Å². The van der Waals surface area contributed by atoms with Crippen LogP contribution < -0.4 is 20.5 Å². The second-order valence-corrected chi connectivity index (χ2v) is 6.82. The summed E-state index contributed by atoms with van der Waals surface area (Å²) in [6, 6.07) is 16.3. The molecular formula is C21H29N3O2. The van der Waals surface area contributed by atoms with Crippen molar-refractivity contribution in [2.75, 3.05) is 27.3 Å². The van der Waals surface area contributed by atoms with Crippen LogP contribution in [0.5, 0.6) is 11.5 Å². The Kier molecular flexibility index (Phi) is 6.89. The third-order valence-corrected chi connectivity index (χ3v) is 4.37. The van der Waals surface area contributed by atoms with Crippen molar-refractivity contribution in [3.05, 3.63) is 59.7 Å². The van der Waals surface area contributed by atoms with Gasteiger partial charge in [0, 0.05) is 12.0 Å². The highest BCUT2D eigenvalue weighted by Gasteiger charge is 2.22. The number of methoxy groups -OCH3 is 2. The van der Waals surface area contributed by atoms with Crippen LogP contribution in [0.1, 0.15) is 25.0 Å². The zero-order chi connectivity index (χ0) is 19.0. The quantitative estimate of drug-likeness (QED) is 0.564. The van der Waals surface area contributed by atoms with Gasteiger partial charge in [0.25, 0.3) is 0 Å². The standard InChI is InChI=1S/C21H29N3O2/c1-21(2,17-10-11-18(25-3)19(14-17)26-4)15-24-20(22)23-13-12-16-8-6-5-7-9-16/h5-11,14H,12-13,15H2,1-4H3,(H3,22,23,24). The van der Waals surface area contributed by atoms with Crippen molar-refractivity contribution in [1.82, 2.24) is 5.32 Å². The second-order valence-electron chi connectivity index (χ2n) is 6.82. The Labute approximate surface area is 156 Å². The Morgan fingerprint density at radius 2 is 1.73 bits per heavy atom. The van der Waals surface area contributed by atoms with Gasteiger partial charge in [0.1, 0.15) is 0 Å². The predicted octanol–water partition coefficient (Wildman–Crippen LogP) is 3.13. The third-order valence-electron chi connectivity index (χ3n) is 4.37. The van der Waals surface area contributed by atoms with Gasteiger partial charge in [0.05, 0.1) is 20.8 Å². The van der Waals surface area contributed by atoms with E-state index in [0.717, 1.165) is 30.0 Å². The summed E-state index contributed by atoms with van der Waals surface area (Å²) in [5.74, 6) is 1.91. The highest BCUT2D eigenvalue weighted by atomic mass is 16.5. The van der Waals surface area contributed by atoms with E-state index in [1.807, 2.05) is 36.4 Å². The minimum atomic E-state index is -0.175. The van der Waals surface area contributed by atoms with E-state index in [9.17, 15) is 0 Å². The molecule has 0 radical (unpaired) electrons. The minimum absolute atomic E-state index is 0.175. The molecule has 0 unspecified atom stereocenters. The monoisotopic (exact) mass is 355 g/mol. The second kappa shape index (κ2) is 9.13. The van der Waals surface area contributed by atoms with E-state index in [1.54, 1.807) is 14.2 Å². The fraction of sp³-hybridized carbons (Fsp3) is 0.381. The number of hydrogen-bond acceptors (Lipinski definition) is 3. The molecule has 5 nitrogen and oxygen atoms in total. The molecule has 0 heterocycles. The summed E-state index contributed by atoms with van der Waals surface area (Å²) in [7, 11) is 3.27. The van der Waals surface area contributed by atoms with E-state index >= 15 is 0 Å². The lowest BCUT2D eigenvalue weighted by molar-refractivity contribution is 0.353. The number of guanidine groups is 1. The molecule has 2 aromatic rings. The summed E-state index contributed by atoms with van der Waals surface area (Å²) < 4.78 is 10.7. The fourth-order valence-corrected chi connectivity index (χ4v) is 2.67. The van der Waals surface area contributed by atoms with Gasteiger partial charge in [0.2, 0.25) is 0 Å². The molecule has 0 atom stereocenters. The Bertz CT molecular complexity index is 727. The zero-order valence-electron chi connectivity index (χ0n) is 16.1. The molecule has 0 fully saturated rings. The maximum atomic E-state index is 6.02. The number of aliphatic imine (C=N–C) groups is 1. The van der Waals surface area contributed by atoms with Crippen molar-refractivity contribution >= 4 is 5.96 Å². The number of hydrogen-bond donors (Lipinski definition) is 2. The number of benzene rings is 2. The number of nitrogens with one attached hydrogen (secondary N) is 1. The number of nitrogens with two attached hydrogens (primary N) is 1. The first kappa shape index (κ1) is 19.6. The molecule has 0 spiro atoms. The van der Waals surface area contributed by atoms with Crippen molar-refractivity contribution in [2.45, 2.75) is 25.7 Å². The van der Waals surface area contributed by atoms with E-state index in [1.165, 1.54) is 5.56 Å². The van der Waals surface area contributed by atoms with Crippen LogP contribution in [0, 0.1) is 0 Å². The van der Waals surface area contributed by atoms with Gasteiger partial charge in [-0.1, -0.05) is 50.2 Å². The molecule has 3 N–H and O–H groups in total. The maximum Gasteiger partial charge on any atom is 0.188 e. The first-order valence-corrected chi connectivity index (χ1v) is 8.76. The molecular weight excluding hydrogens is 326 g/mol. The highest BCUT2D eigenvalue weighted by molar-refractivity contribution is 5.77. The van der Waals surface area contributed by atoms with Crippen LogP contribution in [0.25, 0.3) is 0 Å². The van der Waals surface area contributed by atoms with Crippen molar-refractivity contribution in [1.29, 1.82) is 0 Å². The molecule has 0 aliphatic heterocycles. The normalized spacial score (nSPS) is 11.9. The molecule has 2 aromatic carbocycles. The fourth-order valence-electron chi connectivity index (χ4n) is 2.67. The van der Waals surface area contributed by atoms with Gasteiger partial charge in [0.15, 0.2) is 17.5 Å². The molecule has 0 aliphatic carbocycles. The predicted molar refractivity (Wildman–Crippen MR) is 107 cm³/mol. The SMILES string of the molecule is COc1ccc(C(C)(C)CN=C(N)NCCc2ccccc2)cc1OC. The molecule has 0 bridgehead atoms. The molecule has 0 amide bonds. The first-order valence-electron chi connectivity index (χ1n) is 8.76. The Balaban J connectivity index is 1.94. The van der Waals surface area contributed by atoms with Gasteiger partial charge < -0.3 is 20.5 Å². The van der Waals surface area contributed by atoms with Crippen LogP contribution in [0.15, 0.2) is 53.5 Å². The summed E-state index contributed by atoms with van der Waals surface area (Å²) in [6.45, 7) is 5.60. The van der Waals surface area contributed by atoms with Crippen molar-refractivity contribution in [2.24, 2.45) is 10.7 Å². The molecule has 2 rings (SSSR count). The zero-order valence-corrected chi connectivity index (χ0v) is 16.1. The van der Waals surface area contributed by atoms with Gasteiger partial charge in [-0.25, -0.2) is 0 Å². The summed E-state index contributed by atoms with van der Waals surface area (Å²) in [4.78, 5) is 4.51. The van der Waals surface area contributed by atoms with Crippen molar-refractivity contribution in [3.8, 4) is 11.5 Å². The lowest BCUT2D eigenvalue weighted by Gasteiger charge is -2.24. The molecule has 140 valence electrons. The summed E-state index contributed by atoms with van der Waals surface area (Å²) in [6.07, 6.45) is 0.913. The lowest BCUT2D eigenvalue weighted by atomic mass is 9.84. The summed E-state index contributed by atoms with van der Waals surface area (Å²) >= 11 is 0. The van der Waals surface area contributed by atoms with Gasteiger partial charge in [-0.3, -0.25) is 4.99 Å². The van der Waals surface area contributed by atoms with Gasteiger partial charge >= 0.3 is 0 Å². The number of ether oxygens (including phenoxy) is 2. The average Bonchev–Trinajstić information content (AvgIpc) is 2.66. The Morgan fingerprint density at radius 3 is 2.38 bits per heavy atom. The molecule has 0 aliphatic rings. The molecule has 26 heavy (non-hydrogen) atoms. The van der Waals surface area contributed by atoms with E-state index in [0.29, 0.717) is 12.5 Å². The van der Waals surface area contributed by atoms with Crippen LogP contribution in [-0.2, 0) is 11.8 Å². The number of rotatable bonds is 8. The first-order chi connectivity index (χ1) is 12.5. The lowest BCUT2D eigenvalue weighted by Crippen LogP contribution is -2.35. The topological polar surface area (TPSA) is 68.9 Å². The summed E-state index contributed by atoms with van der Waals surface area (Å²) in [5, 5.41) is 3.18. The van der Waals surface area contributed by atoms with Crippen molar-refractivity contribution in [3.63, 3.8) is 0 Å². The molecule has 5 heteroatoms. The third kappa shape index (κ3) is 5.41. The van der Waals surface area contributed by atoms with Crippen LogP contribution in [0.3, 0.4) is 0 Å². The maximum absolute atomic E-state index is 6.02. The van der Waals surface area contributed by atoms with Crippen molar-refractivity contribution < 1.29 is 9.47 Å². The van der Waals surface area contributed by atoms with Crippen LogP contribution in [-0.4, -0.2) is 33.3 Å². The average molecular weight is 355 g/mol. The van der Waals surface area contributed by atoms with Crippen LogP contribution >= 0.6 is 0 Å². The highest BCUT2D eigenvalue weighted by Crippen LogP contribution is 2.33.